The Labute approximate surface area is 141 Å². The summed E-state index contributed by atoms with van der Waals surface area (Å²) < 4.78 is 5.70. The van der Waals surface area contributed by atoms with Crippen molar-refractivity contribution in [2.75, 3.05) is 0 Å². The number of para-hydroxylation sites is 1. The molecule has 3 amide bonds. The van der Waals surface area contributed by atoms with E-state index in [1.165, 1.54) is 0 Å². The van der Waals surface area contributed by atoms with Crippen LogP contribution in [0.15, 0.2) is 54.6 Å². The molecule has 0 aliphatic heterocycles. The minimum absolute atomic E-state index is 0.340. The maximum Gasteiger partial charge on any atom is 0.315 e. The molecule has 6 heteroatoms. The minimum atomic E-state index is -0.661. The first-order valence-corrected chi connectivity index (χ1v) is 7.74. The Hall–Kier alpha value is -3.02. The molecule has 0 aliphatic rings. The van der Waals surface area contributed by atoms with Crippen molar-refractivity contribution in [1.82, 2.24) is 10.6 Å². The highest BCUT2D eigenvalue weighted by molar-refractivity contribution is 5.85. The number of nitrogens with one attached hydrogen (secondary N) is 2. The number of carbonyl (C=O) groups excluding carboxylic acids is 2. The van der Waals surface area contributed by atoms with Crippen LogP contribution in [-0.2, 0) is 11.3 Å². The molecule has 0 aromatic heterocycles. The van der Waals surface area contributed by atoms with Crippen molar-refractivity contribution in [3.8, 4) is 11.5 Å². The van der Waals surface area contributed by atoms with Gasteiger partial charge in [0.05, 0.1) is 0 Å². The van der Waals surface area contributed by atoms with Crippen molar-refractivity contribution in [1.29, 1.82) is 0 Å². The van der Waals surface area contributed by atoms with Crippen LogP contribution in [0.4, 0.5) is 4.79 Å². The molecule has 4 N–H and O–H groups in total. The first-order chi connectivity index (χ1) is 11.6. The molecule has 0 unspecified atom stereocenters. The number of rotatable bonds is 7. The molecule has 0 radical (unpaired) electrons. The Kier molecular flexibility index (Phi) is 6.19. The number of hydrogen-bond acceptors (Lipinski definition) is 3. The lowest BCUT2D eigenvalue weighted by molar-refractivity contribution is -0.119. The molecule has 0 aliphatic carbocycles. The summed E-state index contributed by atoms with van der Waals surface area (Å²) in [7, 11) is 0. The lowest BCUT2D eigenvalue weighted by atomic mass is 10.2. The highest BCUT2D eigenvalue weighted by Crippen LogP contribution is 2.20. The Morgan fingerprint density at radius 2 is 1.67 bits per heavy atom. The van der Waals surface area contributed by atoms with E-state index >= 15 is 0 Å². The van der Waals surface area contributed by atoms with E-state index in [1.807, 2.05) is 54.6 Å². The van der Waals surface area contributed by atoms with Crippen LogP contribution < -0.4 is 21.1 Å². The van der Waals surface area contributed by atoms with Gasteiger partial charge in [-0.2, -0.15) is 0 Å². The fourth-order valence-electron chi connectivity index (χ4n) is 2.07. The minimum Gasteiger partial charge on any atom is -0.457 e. The first-order valence-electron chi connectivity index (χ1n) is 7.74. The summed E-state index contributed by atoms with van der Waals surface area (Å²) in [6.45, 7) is 2.12. The van der Waals surface area contributed by atoms with Gasteiger partial charge in [0.1, 0.15) is 17.5 Å². The van der Waals surface area contributed by atoms with E-state index in [9.17, 15) is 9.59 Å². The van der Waals surface area contributed by atoms with Crippen LogP contribution >= 0.6 is 0 Å². The van der Waals surface area contributed by atoms with Gasteiger partial charge in [-0.1, -0.05) is 37.3 Å². The van der Waals surface area contributed by atoms with Gasteiger partial charge in [-0.25, -0.2) is 4.79 Å². The molecule has 1 atom stereocenters. The van der Waals surface area contributed by atoms with Crippen LogP contribution in [0.25, 0.3) is 0 Å². The zero-order valence-electron chi connectivity index (χ0n) is 13.5. The monoisotopic (exact) mass is 327 g/mol. The van der Waals surface area contributed by atoms with Crippen LogP contribution in [0.1, 0.15) is 18.9 Å². The molecular formula is C18H21N3O3. The van der Waals surface area contributed by atoms with Gasteiger partial charge in [0.15, 0.2) is 0 Å². The summed E-state index contributed by atoms with van der Waals surface area (Å²) >= 11 is 0. The molecule has 0 fully saturated rings. The zero-order valence-corrected chi connectivity index (χ0v) is 13.5. The third kappa shape index (κ3) is 5.31. The van der Waals surface area contributed by atoms with E-state index in [4.69, 9.17) is 10.5 Å². The molecule has 6 nitrogen and oxygen atoms in total. The molecule has 0 spiro atoms. The van der Waals surface area contributed by atoms with Crippen LogP contribution in [0.5, 0.6) is 11.5 Å². The fourth-order valence-corrected chi connectivity index (χ4v) is 2.07. The van der Waals surface area contributed by atoms with Gasteiger partial charge in [-0.15, -0.1) is 0 Å². The highest BCUT2D eigenvalue weighted by Gasteiger charge is 2.15. The van der Waals surface area contributed by atoms with Crippen molar-refractivity contribution in [2.24, 2.45) is 5.73 Å². The van der Waals surface area contributed by atoms with Crippen LogP contribution in [0.3, 0.4) is 0 Å². The van der Waals surface area contributed by atoms with E-state index in [2.05, 4.69) is 10.6 Å². The number of benzene rings is 2. The first kappa shape index (κ1) is 17.3. The Morgan fingerprint density at radius 1 is 1.04 bits per heavy atom. The van der Waals surface area contributed by atoms with Crippen LogP contribution in [0.2, 0.25) is 0 Å². The van der Waals surface area contributed by atoms with E-state index in [0.717, 1.165) is 11.3 Å². The van der Waals surface area contributed by atoms with E-state index in [1.54, 1.807) is 6.92 Å². The molecule has 2 aromatic rings. The lowest BCUT2D eigenvalue weighted by Crippen LogP contribution is -2.47. The summed E-state index contributed by atoms with van der Waals surface area (Å²) in [6, 6.07) is 15.8. The molecule has 2 aromatic carbocycles. The van der Waals surface area contributed by atoms with Crippen molar-refractivity contribution >= 4 is 11.9 Å². The predicted octanol–water partition coefficient (Wildman–Crippen LogP) is 2.54. The van der Waals surface area contributed by atoms with Crippen molar-refractivity contribution in [3.05, 3.63) is 60.2 Å². The number of urea groups is 1. The van der Waals surface area contributed by atoms with Crippen LogP contribution in [0, 0.1) is 0 Å². The quantitative estimate of drug-likeness (QED) is 0.729. The SMILES string of the molecule is CC[C@@H](NC(=O)NCc1ccc(Oc2ccccc2)cc1)C(N)=O. The van der Waals surface area contributed by atoms with E-state index in [0.29, 0.717) is 18.7 Å². The number of hydrogen-bond donors (Lipinski definition) is 3. The molecule has 126 valence electrons. The van der Waals surface area contributed by atoms with Crippen molar-refractivity contribution < 1.29 is 14.3 Å². The van der Waals surface area contributed by atoms with Crippen molar-refractivity contribution in [2.45, 2.75) is 25.9 Å². The maximum atomic E-state index is 11.7. The molecule has 0 bridgehead atoms. The number of ether oxygens (including phenoxy) is 1. The fraction of sp³-hybridized carbons (Fsp3) is 0.222. The number of carbonyl (C=O) groups is 2. The molecule has 0 heterocycles. The van der Waals surface area contributed by atoms with Gasteiger partial charge in [-0.05, 0) is 36.2 Å². The molecule has 24 heavy (non-hydrogen) atoms. The number of nitrogens with two attached hydrogens (primary N) is 1. The summed E-state index contributed by atoms with van der Waals surface area (Å²) in [6.07, 6.45) is 0.453. The van der Waals surface area contributed by atoms with E-state index < -0.39 is 18.0 Å². The smallest absolute Gasteiger partial charge is 0.315 e. The standard InChI is InChI=1S/C18H21N3O3/c1-2-16(17(19)22)21-18(23)20-12-13-8-10-15(11-9-13)24-14-6-4-3-5-7-14/h3-11,16H,2,12H2,1H3,(H2,19,22)(H2,20,21,23)/t16-/m1/s1. The van der Waals surface area contributed by atoms with E-state index in [-0.39, 0.29) is 0 Å². The highest BCUT2D eigenvalue weighted by atomic mass is 16.5. The second-order valence-electron chi connectivity index (χ2n) is 5.25. The van der Waals surface area contributed by atoms with Crippen molar-refractivity contribution in [3.63, 3.8) is 0 Å². The van der Waals surface area contributed by atoms with Gasteiger partial charge in [0.25, 0.3) is 0 Å². The maximum absolute atomic E-state index is 11.7. The molecule has 0 saturated heterocycles. The van der Waals surface area contributed by atoms with Gasteiger partial charge >= 0.3 is 6.03 Å². The van der Waals surface area contributed by atoms with Crippen LogP contribution in [-0.4, -0.2) is 18.0 Å². The average molecular weight is 327 g/mol. The number of amides is 3. The summed E-state index contributed by atoms with van der Waals surface area (Å²) in [5.74, 6) is 0.934. The molecule has 0 saturated carbocycles. The zero-order chi connectivity index (χ0) is 17.4. The predicted molar refractivity (Wildman–Crippen MR) is 91.6 cm³/mol. The molecule has 2 rings (SSSR count). The Morgan fingerprint density at radius 3 is 2.25 bits per heavy atom. The third-order valence-corrected chi connectivity index (χ3v) is 3.41. The van der Waals surface area contributed by atoms with Gasteiger partial charge < -0.3 is 21.1 Å². The topological polar surface area (TPSA) is 93.4 Å². The van der Waals surface area contributed by atoms with Gasteiger partial charge in [0, 0.05) is 6.54 Å². The largest absolute Gasteiger partial charge is 0.457 e. The summed E-state index contributed by atoms with van der Waals surface area (Å²) in [5, 5.41) is 5.22. The van der Waals surface area contributed by atoms with Gasteiger partial charge in [-0.3, -0.25) is 4.79 Å². The summed E-state index contributed by atoms with van der Waals surface area (Å²) in [5.41, 5.74) is 6.10. The Bertz CT molecular complexity index is 672. The van der Waals surface area contributed by atoms with Gasteiger partial charge in [0.2, 0.25) is 5.91 Å². The number of primary amides is 1. The molecular weight excluding hydrogens is 306 g/mol. The second kappa shape index (κ2) is 8.57. The summed E-state index contributed by atoms with van der Waals surface area (Å²) in [4.78, 5) is 22.8. The average Bonchev–Trinajstić information content (AvgIpc) is 2.59. The third-order valence-electron chi connectivity index (χ3n) is 3.41. The second-order valence-corrected chi connectivity index (χ2v) is 5.25. The normalized spacial score (nSPS) is 11.4. The Balaban J connectivity index is 1.83. The lowest BCUT2D eigenvalue weighted by Gasteiger charge is -2.14.